The number of ether oxygens (including phenoxy) is 1. The fraction of sp³-hybridized carbons (Fsp3) is 0.588. The maximum Gasteiger partial charge on any atom is 0.338 e. The van der Waals surface area contributed by atoms with Gasteiger partial charge in [-0.1, -0.05) is 12.1 Å². The summed E-state index contributed by atoms with van der Waals surface area (Å²) >= 11 is 5.75. The Kier molecular flexibility index (Phi) is 4.85. The summed E-state index contributed by atoms with van der Waals surface area (Å²) in [5.41, 5.74) is 0.620. The first-order valence-corrected chi connectivity index (χ1v) is 8.04. The molecule has 1 fully saturated rings. The Bertz CT molecular complexity index is 521. The van der Waals surface area contributed by atoms with E-state index in [4.69, 9.17) is 16.3 Å². The van der Waals surface area contributed by atoms with E-state index in [2.05, 4.69) is 0 Å². The van der Waals surface area contributed by atoms with Crippen LogP contribution in [0.5, 0.6) is 0 Å². The Balaban J connectivity index is 2.08. The molecule has 0 atom stereocenters. The number of hydroxylamine groups is 2. The quantitative estimate of drug-likeness (QED) is 0.674. The number of nitrogens with zero attached hydrogens (tertiary/aromatic N) is 1. The third-order valence-electron chi connectivity index (χ3n) is 4.22. The van der Waals surface area contributed by atoms with Crippen molar-refractivity contribution in [3.8, 4) is 0 Å². The van der Waals surface area contributed by atoms with Crippen LogP contribution >= 0.6 is 11.6 Å². The van der Waals surface area contributed by atoms with E-state index in [1.165, 1.54) is 5.06 Å². The highest BCUT2D eigenvalue weighted by atomic mass is 35.5. The van der Waals surface area contributed by atoms with Crippen molar-refractivity contribution in [2.75, 3.05) is 0 Å². The summed E-state index contributed by atoms with van der Waals surface area (Å²) in [5, 5.41) is 11.6. The number of hydrogen-bond donors (Lipinski definition) is 1. The smallest absolute Gasteiger partial charge is 0.338 e. The number of alkyl halides is 1. The Morgan fingerprint density at radius 1 is 1.23 bits per heavy atom. The fourth-order valence-electron chi connectivity index (χ4n) is 3.21. The molecule has 0 radical (unpaired) electrons. The van der Waals surface area contributed by atoms with Gasteiger partial charge in [-0.15, -0.1) is 11.6 Å². The van der Waals surface area contributed by atoms with Crippen LogP contribution < -0.4 is 0 Å². The van der Waals surface area contributed by atoms with Gasteiger partial charge in [-0.2, -0.15) is 5.06 Å². The number of hydrogen-bond acceptors (Lipinski definition) is 4. The Hall–Kier alpha value is -1.10. The fourth-order valence-corrected chi connectivity index (χ4v) is 3.39. The molecule has 4 nitrogen and oxygen atoms in total. The van der Waals surface area contributed by atoms with Crippen molar-refractivity contribution < 1.29 is 14.7 Å². The Labute approximate surface area is 137 Å². The van der Waals surface area contributed by atoms with Gasteiger partial charge in [0, 0.05) is 29.8 Å². The van der Waals surface area contributed by atoms with Crippen LogP contribution in [0, 0.1) is 0 Å². The monoisotopic (exact) mass is 325 g/mol. The SMILES string of the molecule is CC1(C)CC(OC(=O)c2ccc(CCl)cc2)CC(C)(C)N1O. The number of halogens is 1. The maximum atomic E-state index is 12.3. The lowest BCUT2D eigenvalue weighted by molar-refractivity contribution is -0.256. The molecule has 1 aromatic carbocycles. The van der Waals surface area contributed by atoms with Crippen molar-refractivity contribution in [1.82, 2.24) is 5.06 Å². The maximum absolute atomic E-state index is 12.3. The first-order valence-electron chi connectivity index (χ1n) is 7.51. The van der Waals surface area contributed by atoms with E-state index in [9.17, 15) is 10.0 Å². The van der Waals surface area contributed by atoms with Gasteiger partial charge in [-0.25, -0.2) is 4.79 Å². The van der Waals surface area contributed by atoms with E-state index in [0.717, 1.165) is 5.56 Å². The number of piperidine rings is 1. The van der Waals surface area contributed by atoms with Gasteiger partial charge >= 0.3 is 5.97 Å². The van der Waals surface area contributed by atoms with E-state index < -0.39 is 11.1 Å². The molecule has 2 rings (SSSR count). The standard InChI is InChI=1S/C17H24ClNO3/c1-16(2)9-14(10-17(3,4)19(16)21)22-15(20)13-7-5-12(11-18)6-8-13/h5-8,14,21H,9-11H2,1-4H3. The van der Waals surface area contributed by atoms with Gasteiger partial charge in [-0.3, -0.25) is 0 Å². The summed E-state index contributed by atoms with van der Waals surface area (Å²) in [5.74, 6) is 0.0938. The minimum atomic E-state index is -0.435. The predicted octanol–water partition coefficient (Wildman–Crippen LogP) is 3.99. The number of benzene rings is 1. The normalized spacial score (nSPS) is 21.5. The zero-order chi connectivity index (χ0) is 16.5. The zero-order valence-corrected chi connectivity index (χ0v) is 14.4. The van der Waals surface area contributed by atoms with Gasteiger partial charge in [0.1, 0.15) is 6.10 Å². The summed E-state index contributed by atoms with van der Waals surface area (Å²) < 4.78 is 5.66. The summed E-state index contributed by atoms with van der Waals surface area (Å²) in [6.07, 6.45) is 0.977. The van der Waals surface area contributed by atoms with Crippen LogP contribution in [0.3, 0.4) is 0 Å². The van der Waals surface area contributed by atoms with E-state index in [1.54, 1.807) is 12.1 Å². The van der Waals surface area contributed by atoms with Crippen LogP contribution in [-0.4, -0.2) is 33.4 Å². The van der Waals surface area contributed by atoms with Gasteiger partial charge in [-0.05, 0) is 45.4 Å². The van der Waals surface area contributed by atoms with Gasteiger partial charge in [0.2, 0.25) is 0 Å². The second-order valence-electron chi connectivity index (χ2n) is 7.20. The van der Waals surface area contributed by atoms with Crippen LogP contribution in [0.2, 0.25) is 0 Å². The molecule has 0 amide bonds. The topological polar surface area (TPSA) is 49.8 Å². The highest BCUT2D eigenvalue weighted by molar-refractivity contribution is 6.17. The predicted molar refractivity (Wildman–Crippen MR) is 86.2 cm³/mol. The molecule has 0 bridgehead atoms. The lowest BCUT2D eigenvalue weighted by Crippen LogP contribution is -2.60. The first-order chi connectivity index (χ1) is 10.2. The molecule has 122 valence electrons. The molecule has 0 unspecified atom stereocenters. The van der Waals surface area contributed by atoms with Gasteiger partial charge < -0.3 is 9.94 Å². The van der Waals surface area contributed by atoms with E-state index in [0.29, 0.717) is 24.3 Å². The molecule has 1 aliphatic rings. The number of esters is 1. The van der Waals surface area contributed by atoms with Crippen molar-refractivity contribution in [2.45, 2.75) is 63.6 Å². The van der Waals surface area contributed by atoms with Gasteiger partial charge in [0.15, 0.2) is 0 Å². The third-order valence-corrected chi connectivity index (χ3v) is 4.53. The first kappa shape index (κ1) is 17.3. The molecular weight excluding hydrogens is 302 g/mol. The van der Waals surface area contributed by atoms with Gasteiger partial charge in [0.05, 0.1) is 5.56 Å². The van der Waals surface area contributed by atoms with E-state index in [-0.39, 0.29) is 12.1 Å². The molecule has 22 heavy (non-hydrogen) atoms. The second-order valence-corrected chi connectivity index (χ2v) is 7.47. The van der Waals surface area contributed by atoms with Crippen LogP contribution in [0.15, 0.2) is 24.3 Å². The highest BCUT2D eigenvalue weighted by Gasteiger charge is 2.46. The van der Waals surface area contributed by atoms with E-state index in [1.807, 2.05) is 39.8 Å². The number of carbonyl (C=O) groups excluding carboxylic acids is 1. The molecule has 1 N–H and O–H groups in total. The largest absolute Gasteiger partial charge is 0.459 e. The van der Waals surface area contributed by atoms with Crippen LogP contribution in [0.4, 0.5) is 0 Å². The molecule has 1 heterocycles. The minimum absolute atomic E-state index is 0.214. The molecule has 0 aromatic heterocycles. The van der Waals surface area contributed by atoms with E-state index >= 15 is 0 Å². The third kappa shape index (κ3) is 3.62. The molecule has 0 saturated carbocycles. The highest BCUT2D eigenvalue weighted by Crippen LogP contribution is 2.38. The van der Waals surface area contributed by atoms with Crippen LogP contribution in [-0.2, 0) is 10.6 Å². The van der Waals surface area contributed by atoms with Crippen molar-refractivity contribution in [3.05, 3.63) is 35.4 Å². The Morgan fingerprint density at radius 2 is 1.73 bits per heavy atom. The summed E-state index contributed by atoms with van der Waals surface area (Å²) in [6.45, 7) is 7.79. The van der Waals surface area contributed by atoms with Crippen LogP contribution in [0.1, 0.15) is 56.5 Å². The minimum Gasteiger partial charge on any atom is -0.459 e. The molecular formula is C17H24ClNO3. The molecule has 0 spiro atoms. The zero-order valence-electron chi connectivity index (χ0n) is 13.6. The lowest BCUT2D eigenvalue weighted by atomic mass is 9.80. The van der Waals surface area contributed by atoms with Crippen molar-refractivity contribution in [1.29, 1.82) is 0 Å². The molecule has 1 aromatic rings. The lowest BCUT2D eigenvalue weighted by Gasteiger charge is -2.50. The summed E-state index contributed by atoms with van der Waals surface area (Å²) in [7, 11) is 0. The molecule has 1 saturated heterocycles. The number of rotatable bonds is 3. The summed E-state index contributed by atoms with van der Waals surface area (Å²) in [6, 6.07) is 7.12. The summed E-state index contributed by atoms with van der Waals surface area (Å²) in [4.78, 5) is 12.3. The van der Waals surface area contributed by atoms with Crippen molar-refractivity contribution in [3.63, 3.8) is 0 Å². The second kappa shape index (κ2) is 6.19. The average molecular weight is 326 g/mol. The molecule has 5 heteroatoms. The molecule has 0 aliphatic carbocycles. The average Bonchev–Trinajstić information content (AvgIpc) is 2.44. The number of carbonyl (C=O) groups is 1. The van der Waals surface area contributed by atoms with Crippen molar-refractivity contribution in [2.24, 2.45) is 0 Å². The van der Waals surface area contributed by atoms with Gasteiger partial charge in [0.25, 0.3) is 0 Å². The Morgan fingerprint density at radius 3 is 2.18 bits per heavy atom. The van der Waals surface area contributed by atoms with Crippen molar-refractivity contribution >= 4 is 17.6 Å². The molecule has 1 aliphatic heterocycles. The van der Waals surface area contributed by atoms with Crippen LogP contribution in [0.25, 0.3) is 0 Å².